The van der Waals surface area contributed by atoms with Gasteiger partial charge in [0.25, 0.3) is 5.91 Å². The smallest absolute Gasteiger partial charge is 0.256 e. The van der Waals surface area contributed by atoms with Gasteiger partial charge in [0.05, 0.1) is 0 Å². The number of hydrogen-bond donors (Lipinski definition) is 1. The predicted molar refractivity (Wildman–Crippen MR) is 99.8 cm³/mol. The molecule has 1 amide bonds. The molecule has 1 aliphatic heterocycles. The minimum absolute atomic E-state index is 0.0978. The summed E-state index contributed by atoms with van der Waals surface area (Å²) in [6, 6.07) is 23.8. The predicted octanol–water partition coefficient (Wildman–Crippen LogP) is 5.50. The summed E-state index contributed by atoms with van der Waals surface area (Å²) in [5, 5.41) is 3.49. The minimum Gasteiger partial charge on any atom is -0.321 e. The lowest BCUT2D eigenvalue weighted by atomic mass is 10.0. The van der Waals surface area contributed by atoms with Gasteiger partial charge in [-0.3, -0.25) is 4.79 Å². The van der Waals surface area contributed by atoms with E-state index in [0.717, 1.165) is 22.4 Å². The number of halogens is 1. The maximum absolute atomic E-state index is 12.2. The number of anilines is 1. The summed E-state index contributed by atoms with van der Waals surface area (Å²) in [6.45, 7) is 0. The number of hydrogen-bond acceptors (Lipinski definition) is 1. The minimum atomic E-state index is -0.0978. The average molecular weight is 332 g/mol. The zero-order valence-corrected chi connectivity index (χ0v) is 13.5. The standard InChI is InChI=1S/C21H14ClNO/c22-17-10-11-20-18(13-17)19(21(24)23-20)12-14-6-8-16(9-7-14)15-4-2-1-3-5-15/h1-13H,(H,23,24)/b19-12+. The Kier molecular flexibility index (Phi) is 3.68. The molecule has 0 spiro atoms. The van der Waals surface area contributed by atoms with E-state index in [1.165, 1.54) is 5.56 Å². The van der Waals surface area contributed by atoms with Crippen molar-refractivity contribution >= 4 is 34.8 Å². The van der Waals surface area contributed by atoms with Gasteiger partial charge in [-0.2, -0.15) is 0 Å². The third-order valence-electron chi connectivity index (χ3n) is 4.09. The summed E-state index contributed by atoms with van der Waals surface area (Å²) in [6.07, 6.45) is 1.90. The highest BCUT2D eigenvalue weighted by Crippen LogP contribution is 2.35. The average Bonchev–Trinajstić information content (AvgIpc) is 2.92. The van der Waals surface area contributed by atoms with Crippen molar-refractivity contribution < 1.29 is 4.79 Å². The zero-order chi connectivity index (χ0) is 16.5. The molecule has 1 aliphatic rings. The van der Waals surface area contributed by atoms with Crippen LogP contribution >= 0.6 is 11.6 Å². The molecular formula is C21H14ClNO. The van der Waals surface area contributed by atoms with Gasteiger partial charge in [0.2, 0.25) is 0 Å². The second-order valence-corrected chi connectivity index (χ2v) is 6.13. The van der Waals surface area contributed by atoms with Gasteiger partial charge in [-0.25, -0.2) is 0 Å². The highest BCUT2D eigenvalue weighted by atomic mass is 35.5. The van der Waals surface area contributed by atoms with Crippen molar-refractivity contribution in [1.82, 2.24) is 0 Å². The van der Waals surface area contributed by atoms with Crippen LogP contribution < -0.4 is 5.32 Å². The van der Waals surface area contributed by atoms with Crippen molar-refractivity contribution in [2.75, 3.05) is 5.32 Å². The van der Waals surface area contributed by atoms with Gasteiger partial charge in [-0.15, -0.1) is 0 Å². The van der Waals surface area contributed by atoms with Crippen LogP contribution in [0.2, 0.25) is 5.02 Å². The van der Waals surface area contributed by atoms with Crippen molar-refractivity contribution in [2.45, 2.75) is 0 Å². The van der Waals surface area contributed by atoms with E-state index in [0.29, 0.717) is 10.6 Å². The Bertz CT molecular complexity index is 943. The van der Waals surface area contributed by atoms with E-state index < -0.39 is 0 Å². The SMILES string of the molecule is O=C1Nc2ccc(Cl)cc2/C1=C\c1ccc(-c2ccccc2)cc1. The second kappa shape index (κ2) is 5.99. The molecule has 0 bridgehead atoms. The fraction of sp³-hybridized carbons (Fsp3) is 0. The number of nitrogens with one attached hydrogen (secondary N) is 1. The summed E-state index contributed by atoms with van der Waals surface area (Å²) in [5.74, 6) is -0.0978. The quantitative estimate of drug-likeness (QED) is 0.617. The molecule has 0 aromatic heterocycles. The van der Waals surface area contributed by atoms with Gasteiger partial charge in [0.15, 0.2) is 0 Å². The van der Waals surface area contributed by atoms with Gasteiger partial charge < -0.3 is 5.32 Å². The Balaban J connectivity index is 1.70. The first-order valence-corrected chi connectivity index (χ1v) is 8.07. The summed E-state index contributed by atoms with van der Waals surface area (Å²) >= 11 is 6.06. The lowest BCUT2D eigenvalue weighted by Gasteiger charge is -2.03. The van der Waals surface area contributed by atoms with Crippen molar-refractivity contribution in [3.63, 3.8) is 0 Å². The molecule has 0 unspecified atom stereocenters. The van der Waals surface area contributed by atoms with Crippen LogP contribution in [0.3, 0.4) is 0 Å². The van der Waals surface area contributed by atoms with Gasteiger partial charge in [-0.05, 0) is 41.0 Å². The maximum atomic E-state index is 12.2. The Morgan fingerprint density at radius 1 is 0.833 bits per heavy atom. The molecule has 0 radical (unpaired) electrons. The third-order valence-corrected chi connectivity index (χ3v) is 4.33. The molecule has 3 heteroatoms. The molecule has 24 heavy (non-hydrogen) atoms. The van der Waals surface area contributed by atoms with Crippen LogP contribution in [0.1, 0.15) is 11.1 Å². The van der Waals surface area contributed by atoms with Crippen LogP contribution in [0.15, 0.2) is 72.8 Å². The lowest BCUT2D eigenvalue weighted by Crippen LogP contribution is -2.03. The van der Waals surface area contributed by atoms with Crippen molar-refractivity contribution in [3.05, 3.63) is 88.9 Å². The summed E-state index contributed by atoms with van der Waals surface area (Å²) < 4.78 is 0. The Hall–Kier alpha value is -2.84. The molecule has 0 atom stereocenters. The van der Waals surface area contributed by atoms with Crippen LogP contribution in [-0.2, 0) is 4.79 Å². The molecule has 0 aliphatic carbocycles. The van der Waals surface area contributed by atoms with Gasteiger partial charge >= 0.3 is 0 Å². The Morgan fingerprint density at radius 2 is 1.54 bits per heavy atom. The van der Waals surface area contributed by atoms with E-state index in [-0.39, 0.29) is 5.91 Å². The van der Waals surface area contributed by atoms with Crippen molar-refractivity contribution in [1.29, 1.82) is 0 Å². The molecule has 0 saturated carbocycles. The normalized spacial score (nSPS) is 14.5. The fourth-order valence-electron chi connectivity index (χ4n) is 2.87. The molecule has 3 aromatic rings. The first-order chi connectivity index (χ1) is 11.7. The Morgan fingerprint density at radius 3 is 2.29 bits per heavy atom. The Labute approximate surface area is 145 Å². The molecule has 0 saturated heterocycles. The van der Waals surface area contributed by atoms with Crippen LogP contribution in [0, 0.1) is 0 Å². The van der Waals surface area contributed by atoms with Crippen molar-refractivity contribution in [2.24, 2.45) is 0 Å². The molecule has 2 nitrogen and oxygen atoms in total. The maximum Gasteiger partial charge on any atom is 0.256 e. The summed E-state index contributed by atoms with van der Waals surface area (Å²) in [7, 11) is 0. The molecule has 1 heterocycles. The van der Waals surface area contributed by atoms with E-state index in [4.69, 9.17) is 11.6 Å². The number of carbonyl (C=O) groups excluding carboxylic acids is 1. The number of carbonyl (C=O) groups is 1. The van der Waals surface area contributed by atoms with E-state index in [1.54, 1.807) is 6.07 Å². The lowest BCUT2D eigenvalue weighted by molar-refractivity contribution is -0.110. The van der Waals surface area contributed by atoms with Crippen LogP contribution in [-0.4, -0.2) is 5.91 Å². The van der Waals surface area contributed by atoms with E-state index in [9.17, 15) is 4.79 Å². The molecule has 4 rings (SSSR count). The molecule has 1 N–H and O–H groups in total. The highest BCUT2D eigenvalue weighted by Gasteiger charge is 2.24. The number of benzene rings is 3. The number of rotatable bonds is 2. The number of amides is 1. The van der Waals surface area contributed by atoms with E-state index >= 15 is 0 Å². The first kappa shape index (κ1) is 14.7. The highest BCUT2D eigenvalue weighted by molar-refractivity contribution is 6.36. The van der Waals surface area contributed by atoms with Gasteiger partial charge in [0.1, 0.15) is 0 Å². The fourth-order valence-corrected chi connectivity index (χ4v) is 3.04. The monoisotopic (exact) mass is 331 g/mol. The van der Waals surface area contributed by atoms with Gasteiger partial charge in [0, 0.05) is 21.8 Å². The molecule has 3 aromatic carbocycles. The summed E-state index contributed by atoms with van der Waals surface area (Å²) in [4.78, 5) is 12.2. The molecular weight excluding hydrogens is 318 g/mol. The molecule has 116 valence electrons. The number of fused-ring (bicyclic) bond motifs is 1. The van der Waals surface area contributed by atoms with Crippen LogP contribution in [0.5, 0.6) is 0 Å². The topological polar surface area (TPSA) is 29.1 Å². The van der Waals surface area contributed by atoms with Crippen LogP contribution in [0.4, 0.5) is 5.69 Å². The second-order valence-electron chi connectivity index (χ2n) is 5.69. The molecule has 0 fully saturated rings. The van der Waals surface area contributed by atoms with E-state index in [2.05, 4.69) is 29.6 Å². The van der Waals surface area contributed by atoms with Crippen LogP contribution in [0.25, 0.3) is 22.8 Å². The largest absolute Gasteiger partial charge is 0.321 e. The summed E-state index contributed by atoms with van der Waals surface area (Å²) in [5.41, 5.74) is 5.59. The van der Waals surface area contributed by atoms with Gasteiger partial charge in [-0.1, -0.05) is 66.2 Å². The van der Waals surface area contributed by atoms with E-state index in [1.807, 2.05) is 48.5 Å². The first-order valence-electron chi connectivity index (χ1n) is 7.69. The van der Waals surface area contributed by atoms with Crippen molar-refractivity contribution in [3.8, 4) is 11.1 Å². The third kappa shape index (κ3) is 2.72. The zero-order valence-electron chi connectivity index (χ0n) is 12.8.